The summed E-state index contributed by atoms with van der Waals surface area (Å²) in [5.74, 6) is 0.832. The van der Waals surface area contributed by atoms with Crippen molar-refractivity contribution in [2.75, 3.05) is 17.7 Å². The Balaban J connectivity index is 3.06. The van der Waals surface area contributed by atoms with Gasteiger partial charge in [0.15, 0.2) is 0 Å². The second-order valence-electron chi connectivity index (χ2n) is 5.65. The predicted octanol–water partition coefficient (Wildman–Crippen LogP) is 3.68. The Hall–Kier alpha value is -1.38. The molecule has 1 aromatic carbocycles. The second kappa shape index (κ2) is 5.51. The van der Waals surface area contributed by atoms with Crippen LogP contribution in [0, 0.1) is 0 Å². The smallest absolute Gasteiger partial charge is 0.123 e. The fourth-order valence-electron chi connectivity index (χ4n) is 1.73. The third-order valence-corrected chi connectivity index (χ3v) is 3.45. The fourth-order valence-corrected chi connectivity index (χ4v) is 1.73. The summed E-state index contributed by atoms with van der Waals surface area (Å²) in [6, 6.07) is 5.91. The Kier molecular flexibility index (Phi) is 4.49. The van der Waals surface area contributed by atoms with Crippen molar-refractivity contribution in [1.29, 1.82) is 0 Å². The average molecular weight is 250 g/mol. The van der Waals surface area contributed by atoms with Crippen molar-refractivity contribution in [2.24, 2.45) is 0 Å². The highest BCUT2D eigenvalue weighted by atomic mass is 16.5. The summed E-state index contributed by atoms with van der Waals surface area (Å²) in [5, 5.41) is 0. The molecular weight excluding hydrogens is 224 g/mol. The number of nitrogens with zero attached hydrogens (tertiary/aromatic N) is 1. The normalized spacial score (nSPS) is 11.7. The topological polar surface area (TPSA) is 38.5 Å². The number of hydrogen-bond acceptors (Lipinski definition) is 3. The molecule has 0 bridgehead atoms. The molecule has 0 saturated carbocycles. The zero-order valence-electron chi connectivity index (χ0n) is 12.4. The van der Waals surface area contributed by atoms with E-state index in [2.05, 4.69) is 32.7 Å². The van der Waals surface area contributed by atoms with E-state index in [0.29, 0.717) is 0 Å². The van der Waals surface area contributed by atoms with Gasteiger partial charge in [-0.1, -0.05) is 6.92 Å². The van der Waals surface area contributed by atoms with Crippen molar-refractivity contribution in [2.45, 2.75) is 52.7 Å². The van der Waals surface area contributed by atoms with E-state index in [0.717, 1.165) is 23.5 Å². The molecule has 3 nitrogen and oxygen atoms in total. The number of benzene rings is 1. The Morgan fingerprint density at radius 2 is 1.89 bits per heavy atom. The molecule has 0 aliphatic heterocycles. The lowest BCUT2D eigenvalue weighted by Gasteiger charge is -2.37. The molecule has 0 fully saturated rings. The summed E-state index contributed by atoms with van der Waals surface area (Å²) in [6.07, 6.45) is 1.22. The second-order valence-corrected chi connectivity index (χ2v) is 5.65. The summed E-state index contributed by atoms with van der Waals surface area (Å²) in [6.45, 7) is 10.7. The van der Waals surface area contributed by atoms with E-state index in [1.54, 1.807) is 0 Å². The molecule has 0 aliphatic rings. The van der Waals surface area contributed by atoms with Crippen LogP contribution in [0.4, 0.5) is 11.4 Å². The lowest BCUT2D eigenvalue weighted by Crippen LogP contribution is -2.40. The van der Waals surface area contributed by atoms with Crippen molar-refractivity contribution in [1.82, 2.24) is 0 Å². The molecule has 1 aromatic rings. The van der Waals surface area contributed by atoms with Gasteiger partial charge in [0, 0.05) is 36.1 Å². The van der Waals surface area contributed by atoms with Crippen LogP contribution in [0.5, 0.6) is 5.75 Å². The van der Waals surface area contributed by atoms with Crippen molar-refractivity contribution < 1.29 is 4.74 Å². The molecule has 0 aliphatic carbocycles. The minimum absolute atomic E-state index is 0.100. The zero-order valence-corrected chi connectivity index (χ0v) is 12.4. The van der Waals surface area contributed by atoms with Gasteiger partial charge < -0.3 is 15.4 Å². The molecule has 0 atom stereocenters. The van der Waals surface area contributed by atoms with Crippen LogP contribution in [0.15, 0.2) is 18.2 Å². The largest absolute Gasteiger partial charge is 0.491 e. The summed E-state index contributed by atoms with van der Waals surface area (Å²) >= 11 is 0. The van der Waals surface area contributed by atoms with Gasteiger partial charge in [-0.3, -0.25) is 0 Å². The van der Waals surface area contributed by atoms with E-state index in [-0.39, 0.29) is 11.6 Å². The third-order valence-electron chi connectivity index (χ3n) is 3.45. The van der Waals surface area contributed by atoms with Crippen LogP contribution in [-0.2, 0) is 0 Å². The van der Waals surface area contributed by atoms with Gasteiger partial charge in [-0.15, -0.1) is 0 Å². The fraction of sp³-hybridized carbons (Fsp3) is 0.600. The molecular formula is C15H26N2O. The minimum Gasteiger partial charge on any atom is -0.491 e. The molecule has 102 valence electrons. The number of nitrogens with two attached hydrogens (primary N) is 1. The molecule has 0 radical (unpaired) electrons. The first-order valence-electron chi connectivity index (χ1n) is 6.57. The first-order valence-corrected chi connectivity index (χ1v) is 6.57. The lowest BCUT2D eigenvalue weighted by molar-refractivity contribution is 0.242. The van der Waals surface area contributed by atoms with Crippen molar-refractivity contribution in [3.8, 4) is 5.75 Å². The molecule has 0 amide bonds. The van der Waals surface area contributed by atoms with E-state index < -0.39 is 0 Å². The Labute approximate surface area is 111 Å². The zero-order chi connectivity index (χ0) is 13.9. The molecule has 2 N–H and O–H groups in total. The van der Waals surface area contributed by atoms with E-state index in [1.807, 2.05) is 32.0 Å². The van der Waals surface area contributed by atoms with Crippen molar-refractivity contribution in [3.63, 3.8) is 0 Å². The van der Waals surface area contributed by atoms with Gasteiger partial charge >= 0.3 is 0 Å². The van der Waals surface area contributed by atoms with Crippen LogP contribution in [0.2, 0.25) is 0 Å². The van der Waals surface area contributed by atoms with Crippen molar-refractivity contribution in [3.05, 3.63) is 18.2 Å². The maximum absolute atomic E-state index is 5.95. The Morgan fingerprint density at radius 3 is 2.39 bits per heavy atom. The quantitative estimate of drug-likeness (QED) is 0.810. The monoisotopic (exact) mass is 250 g/mol. The molecule has 0 spiro atoms. The van der Waals surface area contributed by atoms with Crippen LogP contribution in [0.25, 0.3) is 0 Å². The molecule has 1 rings (SSSR count). The summed E-state index contributed by atoms with van der Waals surface area (Å²) in [7, 11) is 2.09. The van der Waals surface area contributed by atoms with Gasteiger partial charge in [0.1, 0.15) is 5.75 Å². The van der Waals surface area contributed by atoms with Crippen LogP contribution in [0.3, 0.4) is 0 Å². The van der Waals surface area contributed by atoms with Crippen LogP contribution in [0.1, 0.15) is 41.0 Å². The first kappa shape index (κ1) is 14.7. The maximum Gasteiger partial charge on any atom is 0.123 e. The Bertz CT molecular complexity index is 399. The molecule has 18 heavy (non-hydrogen) atoms. The number of hydrogen-bond donors (Lipinski definition) is 1. The summed E-state index contributed by atoms with van der Waals surface area (Å²) in [5.41, 5.74) is 7.88. The van der Waals surface area contributed by atoms with Gasteiger partial charge in [-0.25, -0.2) is 0 Å². The van der Waals surface area contributed by atoms with Gasteiger partial charge in [0.25, 0.3) is 0 Å². The third kappa shape index (κ3) is 3.56. The number of ether oxygens (including phenoxy) is 1. The average Bonchev–Trinajstić information content (AvgIpc) is 2.26. The van der Waals surface area contributed by atoms with Gasteiger partial charge in [0.05, 0.1) is 6.10 Å². The molecule has 0 unspecified atom stereocenters. The van der Waals surface area contributed by atoms with Gasteiger partial charge in [-0.2, -0.15) is 0 Å². The lowest BCUT2D eigenvalue weighted by atomic mass is 9.99. The SMILES string of the molecule is CCC(C)(C)N(C)c1cc(N)cc(OC(C)C)c1. The van der Waals surface area contributed by atoms with E-state index >= 15 is 0 Å². The molecule has 0 saturated heterocycles. The number of anilines is 2. The number of nitrogen functional groups attached to an aromatic ring is 1. The molecule has 0 heterocycles. The van der Waals surface area contributed by atoms with Crippen LogP contribution >= 0.6 is 0 Å². The van der Waals surface area contributed by atoms with Gasteiger partial charge in [0.2, 0.25) is 0 Å². The molecule has 0 aromatic heterocycles. The Morgan fingerprint density at radius 1 is 1.28 bits per heavy atom. The van der Waals surface area contributed by atoms with Crippen LogP contribution < -0.4 is 15.4 Å². The van der Waals surface area contributed by atoms with E-state index in [1.165, 1.54) is 0 Å². The first-order chi connectivity index (χ1) is 8.26. The predicted molar refractivity (Wildman–Crippen MR) is 79.4 cm³/mol. The summed E-state index contributed by atoms with van der Waals surface area (Å²) in [4.78, 5) is 2.25. The molecule has 3 heteroatoms. The highest BCUT2D eigenvalue weighted by molar-refractivity contribution is 5.61. The van der Waals surface area contributed by atoms with Crippen molar-refractivity contribution >= 4 is 11.4 Å². The maximum atomic E-state index is 5.95. The van der Waals surface area contributed by atoms with Gasteiger partial charge in [-0.05, 0) is 40.2 Å². The minimum atomic E-state index is 0.100. The number of rotatable bonds is 5. The standard InChI is InChI=1S/C15H26N2O/c1-7-15(4,5)17(6)13-8-12(16)9-14(10-13)18-11(2)3/h8-11H,7,16H2,1-6H3. The highest BCUT2D eigenvalue weighted by Gasteiger charge is 2.22. The van der Waals surface area contributed by atoms with E-state index in [9.17, 15) is 0 Å². The highest BCUT2D eigenvalue weighted by Crippen LogP contribution is 2.30. The van der Waals surface area contributed by atoms with Crippen LogP contribution in [-0.4, -0.2) is 18.7 Å². The summed E-state index contributed by atoms with van der Waals surface area (Å²) < 4.78 is 5.73. The van der Waals surface area contributed by atoms with E-state index in [4.69, 9.17) is 10.5 Å².